The number of aryl methyl sites for hydroxylation is 2. The highest BCUT2D eigenvalue weighted by molar-refractivity contribution is 5.99. The van der Waals surface area contributed by atoms with E-state index in [1.54, 1.807) is 11.1 Å². The van der Waals surface area contributed by atoms with Gasteiger partial charge in [-0.05, 0) is 52.2 Å². The Morgan fingerprint density at radius 1 is 1.09 bits per heavy atom. The Labute approximate surface area is 194 Å². The lowest BCUT2D eigenvalue weighted by Crippen LogP contribution is -2.31. The summed E-state index contributed by atoms with van der Waals surface area (Å²) in [7, 11) is 0. The van der Waals surface area contributed by atoms with Gasteiger partial charge in [-0.1, -0.05) is 24.3 Å². The third-order valence-electron chi connectivity index (χ3n) is 6.03. The Balaban J connectivity index is 1.48. The number of nitrogens with zero attached hydrogens (tertiary/aromatic N) is 3. The molecule has 0 bridgehead atoms. The quantitative estimate of drug-likeness (QED) is 0.544. The molecule has 1 aliphatic carbocycles. The topological polar surface area (TPSA) is 88.3 Å². The third-order valence-corrected chi connectivity index (χ3v) is 6.03. The first-order valence-corrected chi connectivity index (χ1v) is 11.5. The molecule has 0 saturated heterocycles. The molecule has 4 rings (SSSR count). The number of furan rings is 1. The van der Waals surface area contributed by atoms with Crippen molar-refractivity contribution in [2.75, 3.05) is 13.1 Å². The molecule has 3 aromatic rings. The fourth-order valence-electron chi connectivity index (χ4n) is 3.89. The van der Waals surface area contributed by atoms with E-state index < -0.39 is 0 Å². The highest BCUT2D eigenvalue weighted by Gasteiger charge is 2.29. The molecule has 7 heteroatoms. The number of hydrogen-bond donors (Lipinski definition) is 1. The van der Waals surface area contributed by atoms with Crippen LogP contribution in [0.4, 0.5) is 0 Å². The van der Waals surface area contributed by atoms with Crippen LogP contribution < -0.4 is 5.32 Å². The fraction of sp³-hybridized carbons (Fsp3) is 0.385. The van der Waals surface area contributed by atoms with E-state index >= 15 is 0 Å². The monoisotopic (exact) mass is 446 g/mol. The highest BCUT2D eigenvalue weighted by Crippen LogP contribution is 2.41. The van der Waals surface area contributed by atoms with E-state index in [1.165, 1.54) is 0 Å². The molecule has 1 fully saturated rings. The Morgan fingerprint density at radius 2 is 1.79 bits per heavy atom. The molecule has 0 spiro atoms. The van der Waals surface area contributed by atoms with Gasteiger partial charge in [0, 0.05) is 37.3 Å². The molecule has 1 aromatic carbocycles. The van der Waals surface area contributed by atoms with Crippen molar-refractivity contribution in [1.29, 1.82) is 0 Å². The number of hydrogen-bond acceptors (Lipinski definition) is 5. The van der Waals surface area contributed by atoms with Crippen LogP contribution in [0.2, 0.25) is 0 Å². The van der Waals surface area contributed by atoms with E-state index in [9.17, 15) is 9.59 Å². The number of carbonyl (C=O) groups is 2. The van der Waals surface area contributed by atoms with Gasteiger partial charge in [0.25, 0.3) is 11.8 Å². The highest BCUT2D eigenvalue weighted by atomic mass is 16.3. The van der Waals surface area contributed by atoms with Crippen molar-refractivity contribution < 1.29 is 14.0 Å². The molecule has 1 saturated carbocycles. The van der Waals surface area contributed by atoms with Gasteiger partial charge in [0.1, 0.15) is 17.3 Å². The predicted molar refractivity (Wildman–Crippen MR) is 126 cm³/mol. The zero-order valence-corrected chi connectivity index (χ0v) is 19.6. The Bertz CT molecular complexity index is 1160. The number of carbonyl (C=O) groups excluding carboxylic acids is 2. The van der Waals surface area contributed by atoms with Crippen molar-refractivity contribution in [3.63, 3.8) is 0 Å². The normalized spacial score (nSPS) is 13.1. The van der Waals surface area contributed by atoms with Gasteiger partial charge in [-0.15, -0.1) is 0 Å². The maximum atomic E-state index is 13.0. The first-order chi connectivity index (χ1) is 15.9. The maximum absolute atomic E-state index is 13.0. The first-order valence-electron chi connectivity index (χ1n) is 11.5. The van der Waals surface area contributed by atoms with E-state index in [0.29, 0.717) is 54.0 Å². The van der Waals surface area contributed by atoms with Crippen LogP contribution in [0.5, 0.6) is 0 Å². The molecule has 0 radical (unpaired) electrons. The van der Waals surface area contributed by atoms with Crippen molar-refractivity contribution in [3.8, 4) is 11.3 Å². The van der Waals surface area contributed by atoms with Crippen molar-refractivity contribution in [2.24, 2.45) is 0 Å². The van der Waals surface area contributed by atoms with E-state index in [1.807, 2.05) is 58.0 Å². The second-order valence-corrected chi connectivity index (χ2v) is 8.43. The van der Waals surface area contributed by atoms with Crippen LogP contribution in [0, 0.1) is 13.8 Å². The molecule has 1 aliphatic rings. The molecule has 1 N–H and O–H groups in total. The van der Waals surface area contributed by atoms with Crippen LogP contribution in [-0.4, -0.2) is 39.8 Å². The van der Waals surface area contributed by atoms with Gasteiger partial charge in [-0.2, -0.15) is 0 Å². The van der Waals surface area contributed by atoms with Gasteiger partial charge < -0.3 is 14.6 Å². The maximum Gasteiger partial charge on any atom is 0.257 e. The molecule has 172 valence electrons. The second-order valence-electron chi connectivity index (χ2n) is 8.43. The summed E-state index contributed by atoms with van der Waals surface area (Å²) in [6, 6.07) is 9.61. The Kier molecular flexibility index (Phi) is 6.58. The lowest BCUT2D eigenvalue weighted by atomic mass is 10.0. The zero-order chi connectivity index (χ0) is 23.5. The van der Waals surface area contributed by atoms with Gasteiger partial charge in [-0.3, -0.25) is 9.59 Å². The summed E-state index contributed by atoms with van der Waals surface area (Å²) in [4.78, 5) is 36.1. The molecule has 0 aliphatic heterocycles. The Hall–Kier alpha value is -3.48. The minimum absolute atomic E-state index is 0.0765. The number of nitrogens with one attached hydrogen (secondary N) is 1. The van der Waals surface area contributed by atoms with E-state index in [2.05, 4.69) is 15.3 Å². The first kappa shape index (κ1) is 22.7. The summed E-state index contributed by atoms with van der Waals surface area (Å²) in [5, 5.41) is 2.97. The minimum atomic E-state index is -0.134. The van der Waals surface area contributed by atoms with E-state index in [0.717, 1.165) is 29.7 Å². The lowest BCUT2D eigenvalue weighted by molar-refractivity contribution is 0.0772. The van der Waals surface area contributed by atoms with E-state index in [4.69, 9.17) is 4.42 Å². The molecule has 2 amide bonds. The number of aromatic nitrogens is 2. The zero-order valence-electron chi connectivity index (χ0n) is 19.6. The van der Waals surface area contributed by atoms with Crippen molar-refractivity contribution in [3.05, 3.63) is 70.6 Å². The van der Waals surface area contributed by atoms with Gasteiger partial charge in [0.2, 0.25) is 0 Å². The smallest absolute Gasteiger partial charge is 0.257 e. The molecular formula is C26H30N4O3. The van der Waals surface area contributed by atoms with Crippen molar-refractivity contribution >= 4 is 11.8 Å². The standard InChI is InChI=1S/C26H30N4O3/c1-5-30(6-2)26(32)22-15-27-17(4)29-24(22)20-9-7-18(8-10-20)14-28-25(31)21-13-23(19-11-12-19)33-16(21)3/h7-10,13,15,19H,5-6,11-12,14H2,1-4H3,(H,28,31). The summed E-state index contributed by atoms with van der Waals surface area (Å²) in [5.74, 6) is 2.45. The van der Waals surface area contributed by atoms with Crippen LogP contribution in [0.15, 0.2) is 40.9 Å². The lowest BCUT2D eigenvalue weighted by Gasteiger charge is -2.20. The van der Waals surface area contributed by atoms with Crippen molar-refractivity contribution in [2.45, 2.75) is 53.0 Å². The van der Waals surface area contributed by atoms with Gasteiger partial charge >= 0.3 is 0 Å². The van der Waals surface area contributed by atoms with Crippen LogP contribution in [0.1, 0.15) is 76.2 Å². The molecule has 0 unspecified atom stereocenters. The fourth-order valence-corrected chi connectivity index (χ4v) is 3.89. The molecule has 0 atom stereocenters. The molecule has 2 aromatic heterocycles. The van der Waals surface area contributed by atoms with Gasteiger partial charge in [0.15, 0.2) is 0 Å². The predicted octanol–water partition coefficient (Wildman–Crippen LogP) is 4.64. The summed E-state index contributed by atoms with van der Waals surface area (Å²) < 4.78 is 5.75. The minimum Gasteiger partial charge on any atom is -0.465 e. The number of benzene rings is 1. The Morgan fingerprint density at radius 3 is 2.42 bits per heavy atom. The summed E-state index contributed by atoms with van der Waals surface area (Å²) in [6.45, 7) is 9.20. The summed E-state index contributed by atoms with van der Waals surface area (Å²) in [5.41, 5.74) is 3.51. The van der Waals surface area contributed by atoms with Crippen LogP contribution in [-0.2, 0) is 6.54 Å². The average Bonchev–Trinajstić information content (AvgIpc) is 3.60. The summed E-state index contributed by atoms with van der Waals surface area (Å²) in [6.07, 6.45) is 3.87. The average molecular weight is 447 g/mol. The summed E-state index contributed by atoms with van der Waals surface area (Å²) >= 11 is 0. The van der Waals surface area contributed by atoms with Crippen LogP contribution in [0.3, 0.4) is 0 Å². The van der Waals surface area contributed by atoms with Crippen LogP contribution in [0.25, 0.3) is 11.3 Å². The molecule has 7 nitrogen and oxygen atoms in total. The SMILES string of the molecule is CCN(CC)C(=O)c1cnc(C)nc1-c1ccc(CNC(=O)c2cc(C3CC3)oc2C)cc1. The van der Waals surface area contributed by atoms with Crippen molar-refractivity contribution in [1.82, 2.24) is 20.2 Å². The van der Waals surface area contributed by atoms with E-state index in [-0.39, 0.29) is 11.8 Å². The van der Waals surface area contributed by atoms with Gasteiger partial charge in [-0.25, -0.2) is 9.97 Å². The number of amides is 2. The molecule has 33 heavy (non-hydrogen) atoms. The largest absolute Gasteiger partial charge is 0.465 e. The molecular weight excluding hydrogens is 416 g/mol. The van der Waals surface area contributed by atoms with Crippen LogP contribution >= 0.6 is 0 Å². The second kappa shape index (κ2) is 9.57. The van der Waals surface area contributed by atoms with Gasteiger partial charge in [0.05, 0.1) is 16.8 Å². The number of rotatable bonds is 8. The third kappa shape index (κ3) is 4.97. The molecule has 2 heterocycles.